The van der Waals surface area contributed by atoms with Crippen LogP contribution < -0.4 is 14.8 Å². The summed E-state index contributed by atoms with van der Waals surface area (Å²) in [6, 6.07) is 14.0. The SMILES string of the molecule is COc1ccc(C(=O)Nc2cc(C)nn2-c2cccc(Cl)c2)c(OC)c1. The van der Waals surface area contributed by atoms with Gasteiger partial charge in [0.25, 0.3) is 5.91 Å². The molecule has 1 aromatic heterocycles. The molecule has 0 unspecified atom stereocenters. The molecule has 0 atom stereocenters. The maximum Gasteiger partial charge on any atom is 0.260 e. The van der Waals surface area contributed by atoms with Crippen molar-refractivity contribution >= 4 is 23.3 Å². The lowest BCUT2D eigenvalue weighted by Crippen LogP contribution is -2.16. The fourth-order valence-corrected chi connectivity index (χ4v) is 2.75. The highest BCUT2D eigenvalue weighted by Gasteiger charge is 2.17. The van der Waals surface area contributed by atoms with Crippen LogP contribution in [0.25, 0.3) is 5.69 Å². The zero-order valence-corrected chi connectivity index (χ0v) is 15.4. The maximum absolute atomic E-state index is 12.8. The van der Waals surface area contributed by atoms with Crippen LogP contribution in [-0.2, 0) is 0 Å². The number of nitrogens with one attached hydrogen (secondary N) is 1. The number of anilines is 1. The Hall–Kier alpha value is -2.99. The van der Waals surface area contributed by atoms with Crippen molar-refractivity contribution in [3.05, 3.63) is 64.8 Å². The van der Waals surface area contributed by atoms with Crippen LogP contribution in [-0.4, -0.2) is 29.9 Å². The van der Waals surface area contributed by atoms with Crippen LogP contribution in [0.4, 0.5) is 5.82 Å². The zero-order valence-electron chi connectivity index (χ0n) is 14.6. The molecule has 0 aliphatic carbocycles. The van der Waals surface area contributed by atoms with E-state index in [1.807, 2.05) is 19.1 Å². The van der Waals surface area contributed by atoms with Crippen LogP contribution in [0.2, 0.25) is 5.02 Å². The fourth-order valence-electron chi connectivity index (χ4n) is 2.56. The van der Waals surface area contributed by atoms with Gasteiger partial charge in [0.15, 0.2) is 0 Å². The van der Waals surface area contributed by atoms with E-state index in [0.29, 0.717) is 27.9 Å². The van der Waals surface area contributed by atoms with E-state index < -0.39 is 0 Å². The highest BCUT2D eigenvalue weighted by Crippen LogP contribution is 2.26. The maximum atomic E-state index is 12.8. The quantitative estimate of drug-likeness (QED) is 0.733. The number of carbonyl (C=O) groups excluding carboxylic acids is 1. The fraction of sp³-hybridized carbons (Fsp3) is 0.158. The molecule has 3 aromatic rings. The zero-order chi connectivity index (χ0) is 18.7. The van der Waals surface area contributed by atoms with Crippen LogP contribution in [0.1, 0.15) is 16.1 Å². The molecule has 1 heterocycles. The number of benzene rings is 2. The van der Waals surface area contributed by atoms with Gasteiger partial charge in [0.2, 0.25) is 0 Å². The van der Waals surface area contributed by atoms with Gasteiger partial charge >= 0.3 is 0 Å². The number of halogens is 1. The number of methoxy groups -OCH3 is 2. The Labute approximate surface area is 156 Å². The van der Waals surface area contributed by atoms with E-state index in [4.69, 9.17) is 21.1 Å². The first kappa shape index (κ1) is 17.8. The summed E-state index contributed by atoms with van der Waals surface area (Å²) in [5.74, 6) is 1.26. The summed E-state index contributed by atoms with van der Waals surface area (Å²) in [7, 11) is 3.06. The lowest BCUT2D eigenvalue weighted by Gasteiger charge is -2.12. The van der Waals surface area contributed by atoms with E-state index in [1.54, 1.807) is 48.2 Å². The molecule has 0 aliphatic rings. The molecule has 0 spiro atoms. The predicted octanol–water partition coefficient (Wildman–Crippen LogP) is 4.10. The second kappa shape index (κ2) is 7.49. The number of rotatable bonds is 5. The van der Waals surface area contributed by atoms with E-state index >= 15 is 0 Å². The van der Waals surface area contributed by atoms with Gasteiger partial charge in [-0.3, -0.25) is 4.79 Å². The third kappa shape index (κ3) is 3.65. The van der Waals surface area contributed by atoms with Crippen LogP contribution in [0, 0.1) is 6.92 Å². The highest BCUT2D eigenvalue weighted by molar-refractivity contribution is 6.30. The summed E-state index contributed by atoms with van der Waals surface area (Å²) in [5, 5.41) is 7.89. The first-order chi connectivity index (χ1) is 12.5. The topological polar surface area (TPSA) is 65.4 Å². The third-order valence-corrected chi connectivity index (χ3v) is 4.01. The lowest BCUT2D eigenvalue weighted by atomic mass is 10.1. The normalized spacial score (nSPS) is 10.5. The van der Waals surface area contributed by atoms with Crippen molar-refractivity contribution in [1.29, 1.82) is 0 Å². The van der Waals surface area contributed by atoms with Gasteiger partial charge in [0.05, 0.1) is 31.2 Å². The molecule has 0 saturated heterocycles. The number of hydrogen-bond acceptors (Lipinski definition) is 4. The molecule has 0 radical (unpaired) electrons. The van der Waals surface area contributed by atoms with Crippen molar-refractivity contribution in [1.82, 2.24) is 9.78 Å². The van der Waals surface area contributed by atoms with Crippen molar-refractivity contribution in [3.8, 4) is 17.2 Å². The summed E-state index contributed by atoms with van der Waals surface area (Å²) in [4.78, 5) is 12.8. The lowest BCUT2D eigenvalue weighted by molar-refractivity contribution is 0.102. The summed E-state index contributed by atoms with van der Waals surface area (Å²) < 4.78 is 12.1. The number of carbonyl (C=O) groups is 1. The molecule has 6 nitrogen and oxygen atoms in total. The molecule has 26 heavy (non-hydrogen) atoms. The number of aryl methyl sites for hydroxylation is 1. The molecule has 0 fully saturated rings. The highest BCUT2D eigenvalue weighted by atomic mass is 35.5. The number of nitrogens with zero attached hydrogens (tertiary/aromatic N) is 2. The summed E-state index contributed by atoms with van der Waals surface area (Å²) in [6.07, 6.45) is 0. The van der Waals surface area contributed by atoms with Gasteiger partial charge in [-0.1, -0.05) is 17.7 Å². The molecule has 134 valence electrons. The number of aromatic nitrogens is 2. The van der Waals surface area contributed by atoms with Crippen molar-refractivity contribution in [3.63, 3.8) is 0 Å². The summed E-state index contributed by atoms with van der Waals surface area (Å²) in [6.45, 7) is 1.85. The molecule has 7 heteroatoms. The predicted molar refractivity (Wildman–Crippen MR) is 101 cm³/mol. The average Bonchev–Trinajstić information content (AvgIpc) is 3.01. The Morgan fingerprint density at radius 3 is 2.62 bits per heavy atom. The van der Waals surface area contributed by atoms with E-state index in [-0.39, 0.29) is 5.91 Å². The Bertz CT molecular complexity index is 953. The summed E-state index contributed by atoms with van der Waals surface area (Å²) in [5.41, 5.74) is 1.91. The molecular weight excluding hydrogens is 354 g/mol. The molecule has 1 amide bonds. The minimum atomic E-state index is -0.312. The van der Waals surface area contributed by atoms with Crippen LogP contribution in [0.5, 0.6) is 11.5 Å². The van der Waals surface area contributed by atoms with Crippen LogP contribution >= 0.6 is 11.6 Å². The van der Waals surface area contributed by atoms with Gasteiger partial charge in [-0.2, -0.15) is 5.10 Å². The molecule has 1 N–H and O–H groups in total. The number of amides is 1. The van der Waals surface area contributed by atoms with Crippen molar-refractivity contribution in [2.45, 2.75) is 6.92 Å². The molecule has 3 rings (SSSR count). The van der Waals surface area contributed by atoms with Crippen molar-refractivity contribution < 1.29 is 14.3 Å². The third-order valence-electron chi connectivity index (χ3n) is 3.78. The Morgan fingerprint density at radius 1 is 1.12 bits per heavy atom. The number of ether oxygens (including phenoxy) is 2. The standard InChI is InChI=1S/C19H18ClN3O3/c1-12-9-18(23(22-12)14-6-4-5-13(20)10-14)21-19(24)16-8-7-15(25-2)11-17(16)26-3/h4-11H,1-3H3,(H,21,24). The molecular formula is C19H18ClN3O3. The average molecular weight is 372 g/mol. The first-order valence-electron chi connectivity index (χ1n) is 7.88. The van der Waals surface area contributed by atoms with Crippen LogP contribution in [0.15, 0.2) is 48.5 Å². The molecule has 2 aromatic carbocycles. The second-order valence-electron chi connectivity index (χ2n) is 5.58. The molecule has 0 saturated carbocycles. The Morgan fingerprint density at radius 2 is 1.92 bits per heavy atom. The second-order valence-corrected chi connectivity index (χ2v) is 6.02. The van der Waals surface area contributed by atoms with Gasteiger partial charge < -0.3 is 14.8 Å². The number of hydrogen-bond donors (Lipinski definition) is 1. The van der Waals surface area contributed by atoms with Crippen molar-refractivity contribution in [2.75, 3.05) is 19.5 Å². The minimum Gasteiger partial charge on any atom is -0.497 e. The van der Waals surface area contributed by atoms with E-state index in [0.717, 1.165) is 11.4 Å². The van der Waals surface area contributed by atoms with Gasteiger partial charge in [-0.05, 0) is 37.3 Å². The largest absolute Gasteiger partial charge is 0.497 e. The van der Waals surface area contributed by atoms with Gasteiger partial charge in [0.1, 0.15) is 17.3 Å². The molecule has 0 bridgehead atoms. The summed E-state index contributed by atoms with van der Waals surface area (Å²) >= 11 is 6.07. The van der Waals surface area contributed by atoms with E-state index in [9.17, 15) is 4.79 Å². The van der Waals surface area contributed by atoms with E-state index in [2.05, 4.69) is 10.4 Å². The monoisotopic (exact) mass is 371 g/mol. The first-order valence-corrected chi connectivity index (χ1v) is 8.25. The Kier molecular flexibility index (Phi) is 5.14. The van der Waals surface area contributed by atoms with Crippen molar-refractivity contribution in [2.24, 2.45) is 0 Å². The van der Waals surface area contributed by atoms with E-state index in [1.165, 1.54) is 7.11 Å². The molecule has 0 aliphatic heterocycles. The Balaban J connectivity index is 1.94. The smallest absolute Gasteiger partial charge is 0.260 e. The minimum absolute atomic E-state index is 0.312. The van der Waals surface area contributed by atoms with Gasteiger partial charge in [0, 0.05) is 17.2 Å². The van der Waals surface area contributed by atoms with Gasteiger partial charge in [-0.25, -0.2) is 4.68 Å². The van der Waals surface area contributed by atoms with Gasteiger partial charge in [-0.15, -0.1) is 0 Å². The van der Waals surface area contributed by atoms with Crippen LogP contribution in [0.3, 0.4) is 0 Å².